The zero-order valence-electron chi connectivity index (χ0n) is 6.31. The molecule has 0 saturated carbocycles. The van der Waals surface area contributed by atoms with E-state index in [2.05, 4.69) is 17.1 Å². The number of hydrogen-bond donors (Lipinski definition) is 1. The number of rotatable bonds is 0. The largest absolute Gasteiger partial charge is 0.313 e. The van der Waals surface area contributed by atoms with Gasteiger partial charge in [0.25, 0.3) is 0 Å². The van der Waals surface area contributed by atoms with E-state index in [1.165, 1.54) is 38.0 Å². The molecule has 0 bridgehead atoms. The van der Waals surface area contributed by atoms with Gasteiger partial charge in [0.1, 0.15) is 0 Å². The first-order valence-electron chi connectivity index (χ1n) is 4.32. The SMILES string of the molecule is C1CCC2SCCC2NC1. The van der Waals surface area contributed by atoms with Crippen molar-refractivity contribution in [2.75, 3.05) is 12.3 Å². The van der Waals surface area contributed by atoms with Gasteiger partial charge in [-0.15, -0.1) is 0 Å². The van der Waals surface area contributed by atoms with Gasteiger partial charge in [-0.1, -0.05) is 6.42 Å². The van der Waals surface area contributed by atoms with Crippen LogP contribution < -0.4 is 5.32 Å². The highest BCUT2D eigenvalue weighted by atomic mass is 32.2. The lowest BCUT2D eigenvalue weighted by atomic mass is 10.1. The van der Waals surface area contributed by atoms with Crippen LogP contribution >= 0.6 is 11.8 Å². The molecule has 2 atom stereocenters. The van der Waals surface area contributed by atoms with Gasteiger partial charge in [0.05, 0.1) is 0 Å². The van der Waals surface area contributed by atoms with Gasteiger partial charge in [-0.25, -0.2) is 0 Å². The van der Waals surface area contributed by atoms with Crippen LogP contribution in [-0.4, -0.2) is 23.6 Å². The van der Waals surface area contributed by atoms with Crippen molar-refractivity contribution in [2.45, 2.75) is 37.0 Å². The summed E-state index contributed by atoms with van der Waals surface area (Å²) < 4.78 is 0. The Balaban J connectivity index is 1.95. The fraction of sp³-hybridized carbons (Fsp3) is 1.00. The minimum atomic E-state index is 0.868. The third-order valence-corrected chi connectivity index (χ3v) is 4.00. The van der Waals surface area contributed by atoms with Gasteiger partial charge in [0, 0.05) is 11.3 Å². The van der Waals surface area contributed by atoms with E-state index >= 15 is 0 Å². The van der Waals surface area contributed by atoms with Crippen LogP contribution in [-0.2, 0) is 0 Å². The summed E-state index contributed by atoms with van der Waals surface area (Å²) in [5.41, 5.74) is 0. The third kappa shape index (κ3) is 1.32. The van der Waals surface area contributed by atoms with Crippen LogP contribution in [0.3, 0.4) is 0 Å². The Labute approximate surface area is 67.0 Å². The van der Waals surface area contributed by atoms with Gasteiger partial charge in [-0.05, 0) is 31.6 Å². The molecule has 0 radical (unpaired) electrons. The molecular formula is C8H15NS. The van der Waals surface area contributed by atoms with Gasteiger partial charge in [-0.2, -0.15) is 11.8 Å². The molecular weight excluding hydrogens is 142 g/mol. The van der Waals surface area contributed by atoms with Gasteiger partial charge >= 0.3 is 0 Å². The first-order valence-corrected chi connectivity index (χ1v) is 5.37. The van der Waals surface area contributed by atoms with E-state index in [0.717, 1.165) is 11.3 Å². The minimum absolute atomic E-state index is 0.868. The van der Waals surface area contributed by atoms with Gasteiger partial charge in [0.15, 0.2) is 0 Å². The molecule has 0 spiro atoms. The average molecular weight is 157 g/mol. The maximum absolute atomic E-state index is 3.62. The predicted octanol–water partition coefficient (Wildman–Crippen LogP) is 1.63. The van der Waals surface area contributed by atoms with Crippen LogP contribution in [0.1, 0.15) is 25.7 Å². The van der Waals surface area contributed by atoms with Crippen molar-refractivity contribution in [3.63, 3.8) is 0 Å². The molecule has 0 amide bonds. The van der Waals surface area contributed by atoms with Crippen LogP contribution in [0.5, 0.6) is 0 Å². The van der Waals surface area contributed by atoms with Gasteiger partial charge < -0.3 is 5.32 Å². The molecule has 2 rings (SSSR count). The molecule has 2 unspecified atom stereocenters. The second-order valence-corrected chi connectivity index (χ2v) is 4.60. The number of fused-ring (bicyclic) bond motifs is 1. The molecule has 2 heteroatoms. The average Bonchev–Trinajstić information content (AvgIpc) is 2.28. The molecule has 2 fully saturated rings. The summed E-state index contributed by atoms with van der Waals surface area (Å²) in [6.07, 6.45) is 5.71. The fourth-order valence-corrected chi connectivity index (χ4v) is 3.42. The van der Waals surface area contributed by atoms with Crippen molar-refractivity contribution in [1.29, 1.82) is 0 Å². The maximum Gasteiger partial charge on any atom is 0.0201 e. The molecule has 1 N–H and O–H groups in total. The van der Waals surface area contributed by atoms with Crippen LogP contribution in [0, 0.1) is 0 Å². The molecule has 58 valence electrons. The van der Waals surface area contributed by atoms with Crippen molar-refractivity contribution in [1.82, 2.24) is 5.32 Å². The summed E-state index contributed by atoms with van der Waals surface area (Å²) in [5, 5.41) is 4.58. The van der Waals surface area contributed by atoms with E-state index in [4.69, 9.17) is 0 Å². The van der Waals surface area contributed by atoms with Crippen molar-refractivity contribution in [2.24, 2.45) is 0 Å². The second kappa shape index (κ2) is 3.14. The zero-order valence-corrected chi connectivity index (χ0v) is 7.12. The number of thioether (sulfide) groups is 1. The van der Waals surface area contributed by atoms with E-state index in [1.54, 1.807) is 0 Å². The molecule has 2 aliphatic heterocycles. The Morgan fingerprint density at radius 3 is 3.20 bits per heavy atom. The maximum atomic E-state index is 3.62. The molecule has 0 aliphatic carbocycles. The quantitative estimate of drug-likeness (QED) is 0.573. The summed E-state index contributed by atoms with van der Waals surface area (Å²) in [7, 11) is 0. The smallest absolute Gasteiger partial charge is 0.0201 e. The van der Waals surface area contributed by atoms with Crippen molar-refractivity contribution >= 4 is 11.8 Å². The van der Waals surface area contributed by atoms with E-state index in [1.807, 2.05) is 0 Å². The van der Waals surface area contributed by atoms with E-state index in [0.29, 0.717) is 0 Å². The minimum Gasteiger partial charge on any atom is -0.313 e. The monoisotopic (exact) mass is 157 g/mol. The van der Waals surface area contributed by atoms with Crippen LogP contribution in [0.4, 0.5) is 0 Å². The van der Waals surface area contributed by atoms with Crippen LogP contribution in [0.2, 0.25) is 0 Å². The normalized spacial score (nSPS) is 40.8. The molecule has 1 nitrogen and oxygen atoms in total. The first-order chi connectivity index (χ1) is 4.97. The number of nitrogens with one attached hydrogen (secondary N) is 1. The Morgan fingerprint density at radius 1 is 1.20 bits per heavy atom. The molecule has 2 heterocycles. The van der Waals surface area contributed by atoms with Crippen molar-refractivity contribution < 1.29 is 0 Å². The molecule has 0 aromatic rings. The van der Waals surface area contributed by atoms with Crippen molar-refractivity contribution in [3.05, 3.63) is 0 Å². The second-order valence-electron chi connectivity index (χ2n) is 3.25. The Kier molecular flexibility index (Phi) is 2.19. The summed E-state index contributed by atoms with van der Waals surface area (Å²) in [4.78, 5) is 0. The highest BCUT2D eigenvalue weighted by molar-refractivity contribution is 8.00. The predicted molar refractivity (Wildman–Crippen MR) is 46.5 cm³/mol. The molecule has 0 aromatic carbocycles. The van der Waals surface area contributed by atoms with Crippen LogP contribution in [0.15, 0.2) is 0 Å². The van der Waals surface area contributed by atoms with E-state index in [-0.39, 0.29) is 0 Å². The lowest BCUT2D eigenvalue weighted by molar-refractivity contribution is 0.529. The highest BCUT2D eigenvalue weighted by Crippen LogP contribution is 2.31. The summed E-state index contributed by atoms with van der Waals surface area (Å²) >= 11 is 2.18. The summed E-state index contributed by atoms with van der Waals surface area (Å²) in [5.74, 6) is 1.39. The topological polar surface area (TPSA) is 12.0 Å². The first kappa shape index (κ1) is 6.99. The third-order valence-electron chi connectivity index (χ3n) is 2.53. The van der Waals surface area contributed by atoms with Gasteiger partial charge in [0.2, 0.25) is 0 Å². The standard InChI is InChI=1S/C8H15NS/c1-2-5-9-7-4-6-10-8(7)3-1/h7-9H,1-6H2. The molecule has 0 aromatic heterocycles. The van der Waals surface area contributed by atoms with E-state index in [9.17, 15) is 0 Å². The van der Waals surface area contributed by atoms with Crippen molar-refractivity contribution in [3.8, 4) is 0 Å². The fourth-order valence-electron chi connectivity index (χ4n) is 1.92. The lowest BCUT2D eigenvalue weighted by Gasteiger charge is -2.14. The van der Waals surface area contributed by atoms with E-state index < -0.39 is 0 Å². The highest BCUT2D eigenvalue weighted by Gasteiger charge is 2.28. The number of hydrogen-bond acceptors (Lipinski definition) is 2. The summed E-state index contributed by atoms with van der Waals surface area (Å²) in [6, 6.07) is 0.868. The lowest BCUT2D eigenvalue weighted by Crippen LogP contribution is -2.32. The molecule has 2 aliphatic rings. The Bertz CT molecular complexity index is 104. The van der Waals surface area contributed by atoms with Gasteiger partial charge in [-0.3, -0.25) is 0 Å². The zero-order chi connectivity index (χ0) is 6.81. The summed E-state index contributed by atoms with van der Waals surface area (Å²) in [6.45, 7) is 1.27. The Morgan fingerprint density at radius 2 is 2.20 bits per heavy atom. The molecule has 10 heavy (non-hydrogen) atoms. The Hall–Kier alpha value is 0.310. The van der Waals surface area contributed by atoms with Crippen LogP contribution in [0.25, 0.3) is 0 Å². The molecule has 2 saturated heterocycles.